The van der Waals surface area contributed by atoms with Crippen LogP contribution in [0.5, 0.6) is 11.5 Å². The number of rotatable bonds is 17. The maximum Gasteiger partial charge on any atom is 0.251 e. The van der Waals surface area contributed by atoms with Crippen LogP contribution in [0.1, 0.15) is 21.6 Å². The number of amides is 1. The standard InChI is InChI=1S/C30H34N8O5/c39-27(23-6-2-1-3-7-23)32-12-14-40-16-17-41-15-13-33-28-36-29(34-19-22-9-10-25-26(18-22)43-21-42-25)38-30(37-28)35-20-24-8-4-5-11-31-24/h1-11,18H,12-17,19-21H2,(H,32,39)(H3,33,34,35,36,37,38). The number of aromatic nitrogens is 4. The van der Waals surface area contributed by atoms with Gasteiger partial charge in [-0.25, -0.2) is 0 Å². The van der Waals surface area contributed by atoms with E-state index in [9.17, 15) is 4.79 Å². The number of fused-ring (bicyclic) bond motifs is 1. The minimum atomic E-state index is -0.119. The molecule has 0 fully saturated rings. The Labute approximate surface area is 249 Å². The molecule has 2 aromatic heterocycles. The van der Waals surface area contributed by atoms with E-state index in [0.29, 0.717) is 76.0 Å². The molecule has 3 heterocycles. The third-order valence-electron chi connectivity index (χ3n) is 6.15. The quantitative estimate of drug-likeness (QED) is 0.134. The molecule has 1 aliphatic heterocycles. The molecule has 1 amide bonds. The van der Waals surface area contributed by atoms with Crippen molar-refractivity contribution < 1.29 is 23.7 Å². The molecule has 43 heavy (non-hydrogen) atoms. The van der Waals surface area contributed by atoms with Gasteiger partial charge in [-0.2, -0.15) is 15.0 Å². The third kappa shape index (κ3) is 9.51. The summed E-state index contributed by atoms with van der Waals surface area (Å²) in [5, 5.41) is 12.5. The summed E-state index contributed by atoms with van der Waals surface area (Å²) in [6.07, 6.45) is 1.74. The molecule has 0 spiro atoms. The van der Waals surface area contributed by atoms with Gasteiger partial charge >= 0.3 is 0 Å². The Morgan fingerprint density at radius 1 is 0.721 bits per heavy atom. The molecule has 0 saturated carbocycles. The van der Waals surface area contributed by atoms with Crippen LogP contribution in [0, 0.1) is 0 Å². The van der Waals surface area contributed by atoms with Crippen LogP contribution in [0.2, 0.25) is 0 Å². The predicted octanol–water partition coefficient (Wildman–Crippen LogP) is 3.09. The molecular weight excluding hydrogens is 552 g/mol. The summed E-state index contributed by atoms with van der Waals surface area (Å²) in [6, 6.07) is 20.6. The molecular formula is C30H34N8O5. The number of hydrogen-bond donors (Lipinski definition) is 4. The van der Waals surface area contributed by atoms with Crippen molar-refractivity contribution in [1.82, 2.24) is 25.3 Å². The summed E-state index contributed by atoms with van der Waals surface area (Å²) in [5.41, 5.74) is 2.48. The van der Waals surface area contributed by atoms with Gasteiger partial charge in [0.2, 0.25) is 24.6 Å². The molecule has 13 nitrogen and oxygen atoms in total. The van der Waals surface area contributed by atoms with E-state index < -0.39 is 0 Å². The van der Waals surface area contributed by atoms with E-state index in [1.54, 1.807) is 18.3 Å². The van der Waals surface area contributed by atoms with Crippen LogP contribution in [0.4, 0.5) is 17.8 Å². The first kappa shape index (κ1) is 29.5. The van der Waals surface area contributed by atoms with Crippen molar-refractivity contribution in [3.63, 3.8) is 0 Å². The van der Waals surface area contributed by atoms with Gasteiger partial charge in [-0.1, -0.05) is 30.3 Å². The lowest BCUT2D eigenvalue weighted by molar-refractivity contribution is 0.0519. The van der Waals surface area contributed by atoms with Crippen LogP contribution in [0.15, 0.2) is 72.9 Å². The predicted molar refractivity (Wildman–Crippen MR) is 160 cm³/mol. The highest BCUT2D eigenvalue weighted by Gasteiger charge is 2.14. The summed E-state index contributed by atoms with van der Waals surface area (Å²) in [5.74, 6) is 2.55. The first-order valence-electron chi connectivity index (χ1n) is 14.0. The number of nitrogens with zero attached hydrogens (tertiary/aromatic N) is 4. The topological polar surface area (TPSA) is 154 Å². The Hall–Kier alpha value is -5.01. The summed E-state index contributed by atoms with van der Waals surface area (Å²) in [7, 11) is 0. The largest absolute Gasteiger partial charge is 0.454 e. The van der Waals surface area contributed by atoms with Crippen LogP contribution in [0.3, 0.4) is 0 Å². The molecule has 0 saturated heterocycles. The summed E-state index contributed by atoms with van der Waals surface area (Å²) in [6.45, 7) is 3.76. The number of nitrogens with one attached hydrogen (secondary N) is 4. The SMILES string of the molecule is O=C(NCCOCCOCCNc1nc(NCc2ccc3c(c2)OCO3)nc(NCc2ccccn2)n1)c1ccccc1. The van der Waals surface area contributed by atoms with E-state index in [-0.39, 0.29) is 12.7 Å². The molecule has 4 aromatic rings. The molecule has 0 atom stereocenters. The minimum absolute atomic E-state index is 0.119. The average Bonchev–Trinajstić information content (AvgIpc) is 3.52. The van der Waals surface area contributed by atoms with Crippen molar-refractivity contribution in [2.24, 2.45) is 0 Å². The van der Waals surface area contributed by atoms with Gasteiger partial charge in [0.15, 0.2) is 11.5 Å². The van der Waals surface area contributed by atoms with E-state index in [4.69, 9.17) is 18.9 Å². The van der Waals surface area contributed by atoms with Crippen molar-refractivity contribution in [2.45, 2.75) is 13.1 Å². The monoisotopic (exact) mass is 586 g/mol. The van der Waals surface area contributed by atoms with E-state index >= 15 is 0 Å². The molecule has 0 aliphatic carbocycles. The van der Waals surface area contributed by atoms with E-state index in [1.807, 2.05) is 54.6 Å². The highest BCUT2D eigenvalue weighted by Crippen LogP contribution is 2.32. The fourth-order valence-electron chi connectivity index (χ4n) is 4.00. The van der Waals surface area contributed by atoms with E-state index in [2.05, 4.69) is 41.2 Å². The normalized spacial score (nSPS) is 11.6. The highest BCUT2D eigenvalue weighted by atomic mass is 16.7. The fourth-order valence-corrected chi connectivity index (χ4v) is 4.00. The van der Waals surface area contributed by atoms with Crippen LogP contribution < -0.4 is 30.7 Å². The Morgan fingerprint density at radius 2 is 1.42 bits per heavy atom. The smallest absolute Gasteiger partial charge is 0.251 e. The maximum atomic E-state index is 12.0. The number of carbonyl (C=O) groups excluding carboxylic acids is 1. The van der Waals surface area contributed by atoms with Gasteiger partial charge in [0, 0.05) is 31.4 Å². The van der Waals surface area contributed by atoms with Crippen LogP contribution in [-0.2, 0) is 22.6 Å². The van der Waals surface area contributed by atoms with Crippen molar-refractivity contribution in [3.05, 3.63) is 89.7 Å². The third-order valence-corrected chi connectivity index (χ3v) is 6.15. The molecule has 13 heteroatoms. The Morgan fingerprint density at radius 3 is 2.19 bits per heavy atom. The van der Waals surface area contributed by atoms with Crippen molar-refractivity contribution in [2.75, 3.05) is 62.3 Å². The van der Waals surface area contributed by atoms with Gasteiger partial charge in [-0.15, -0.1) is 0 Å². The zero-order valence-corrected chi connectivity index (χ0v) is 23.6. The summed E-state index contributed by atoms with van der Waals surface area (Å²) < 4.78 is 22.1. The number of hydrogen-bond acceptors (Lipinski definition) is 12. The zero-order valence-electron chi connectivity index (χ0n) is 23.6. The molecule has 224 valence electrons. The number of anilines is 3. The lowest BCUT2D eigenvalue weighted by Crippen LogP contribution is -2.27. The first-order chi connectivity index (χ1) is 21.2. The molecule has 2 aromatic carbocycles. The molecule has 0 radical (unpaired) electrons. The molecule has 0 unspecified atom stereocenters. The van der Waals surface area contributed by atoms with Gasteiger partial charge in [0.25, 0.3) is 5.91 Å². The second kappa shape index (κ2) is 15.8. The fraction of sp³-hybridized carbons (Fsp3) is 0.300. The van der Waals surface area contributed by atoms with Gasteiger partial charge in [-0.3, -0.25) is 9.78 Å². The lowest BCUT2D eigenvalue weighted by Gasteiger charge is -2.12. The van der Waals surface area contributed by atoms with Crippen molar-refractivity contribution >= 4 is 23.8 Å². The van der Waals surface area contributed by atoms with Crippen LogP contribution >= 0.6 is 0 Å². The number of ether oxygens (including phenoxy) is 4. The van der Waals surface area contributed by atoms with Crippen molar-refractivity contribution in [3.8, 4) is 11.5 Å². The Bertz CT molecular complexity index is 1450. The summed E-state index contributed by atoms with van der Waals surface area (Å²) >= 11 is 0. The Balaban J connectivity index is 1.04. The average molecular weight is 587 g/mol. The summed E-state index contributed by atoms with van der Waals surface area (Å²) in [4.78, 5) is 29.9. The molecule has 5 rings (SSSR count). The van der Waals surface area contributed by atoms with Gasteiger partial charge in [0.1, 0.15) is 0 Å². The highest BCUT2D eigenvalue weighted by molar-refractivity contribution is 5.94. The van der Waals surface area contributed by atoms with E-state index in [0.717, 1.165) is 22.8 Å². The molecule has 0 bridgehead atoms. The number of carbonyl (C=O) groups is 1. The van der Waals surface area contributed by atoms with Gasteiger partial charge in [-0.05, 0) is 42.0 Å². The zero-order chi connectivity index (χ0) is 29.5. The molecule has 4 N–H and O–H groups in total. The number of pyridine rings is 1. The molecule has 1 aliphatic rings. The van der Waals surface area contributed by atoms with Gasteiger partial charge < -0.3 is 40.2 Å². The second-order valence-electron chi connectivity index (χ2n) is 9.30. The van der Waals surface area contributed by atoms with Crippen molar-refractivity contribution in [1.29, 1.82) is 0 Å². The van der Waals surface area contributed by atoms with Gasteiger partial charge in [0.05, 0.1) is 38.7 Å². The lowest BCUT2D eigenvalue weighted by atomic mass is 10.2. The minimum Gasteiger partial charge on any atom is -0.454 e. The van der Waals surface area contributed by atoms with Crippen LogP contribution in [0.25, 0.3) is 0 Å². The second-order valence-corrected chi connectivity index (χ2v) is 9.30. The van der Waals surface area contributed by atoms with Crippen LogP contribution in [-0.4, -0.2) is 72.2 Å². The maximum absolute atomic E-state index is 12.0. The number of benzene rings is 2. The first-order valence-corrected chi connectivity index (χ1v) is 14.0. The van der Waals surface area contributed by atoms with E-state index in [1.165, 1.54) is 0 Å². The Kier molecular flexibility index (Phi) is 10.9.